The molecule has 1 aromatic carbocycles. The van der Waals surface area contributed by atoms with Crippen LogP contribution in [0.2, 0.25) is 0 Å². The molecule has 8 heteroatoms. The summed E-state index contributed by atoms with van der Waals surface area (Å²) < 4.78 is 0. The molecule has 20 heavy (non-hydrogen) atoms. The minimum absolute atomic E-state index is 0.0160. The Morgan fingerprint density at radius 1 is 1.20 bits per heavy atom. The van der Waals surface area contributed by atoms with E-state index in [1.807, 2.05) is 0 Å². The number of hydrogen-bond acceptors (Lipinski definition) is 6. The molecule has 1 aromatic rings. The SMILES string of the molecule is NCCC[P+](O)(O)C(=O)c1ccc(SCC(=O)O)cc1. The van der Waals surface area contributed by atoms with Gasteiger partial charge in [0, 0.05) is 4.90 Å². The number of benzene rings is 1. The van der Waals surface area contributed by atoms with Gasteiger partial charge in [-0.15, -0.1) is 11.8 Å². The van der Waals surface area contributed by atoms with E-state index < -0.39 is 19.2 Å². The minimum Gasteiger partial charge on any atom is -0.481 e. The summed E-state index contributed by atoms with van der Waals surface area (Å²) in [5.74, 6) is -0.992. The van der Waals surface area contributed by atoms with E-state index in [0.717, 1.165) is 11.8 Å². The molecule has 5 N–H and O–H groups in total. The fourth-order valence-corrected chi connectivity index (χ4v) is 3.47. The van der Waals surface area contributed by atoms with Gasteiger partial charge in [0.05, 0.1) is 11.3 Å². The average Bonchev–Trinajstić information content (AvgIpc) is 2.42. The molecule has 0 spiro atoms. The standard InChI is InChI=1S/C12H16NO5PS/c13-6-1-7-19(17,18)12(16)9-2-4-10(5-3-9)20-8-11(14)15/h2-5,17-18H,1,6-8,13H2/p+1. The molecule has 0 saturated carbocycles. The van der Waals surface area contributed by atoms with Crippen molar-refractivity contribution >= 4 is 31.0 Å². The molecule has 6 nitrogen and oxygen atoms in total. The van der Waals surface area contributed by atoms with E-state index in [2.05, 4.69) is 0 Å². The molecule has 0 amide bonds. The Balaban J connectivity index is 2.72. The van der Waals surface area contributed by atoms with Gasteiger partial charge in [-0.2, -0.15) is 0 Å². The molecule has 0 heterocycles. The van der Waals surface area contributed by atoms with E-state index in [1.54, 1.807) is 12.1 Å². The zero-order valence-electron chi connectivity index (χ0n) is 10.7. The number of carbonyl (C=O) groups excluding carboxylic acids is 1. The van der Waals surface area contributed by atoms with Crippen molar-refractivity contribution in [1.82, 2.24) is 0 Å². The number of carboxylic acid groups (broad SMARTS) is 1. The first-order chi connectivity index (χ1) is 9.36. The largest absolute Gasteiger partial charge is 0.481 e. The highest BCUT2D eigenvalue weighted by atomic mass is 32.2. The molecule has 110 valence electrons. The average molecular weight is 318 g/mol. The van der Waals surface area contributed by atoms with Crippen molar-refractivity contribution in [3.8, 4) is 0 Å². The van der Waals surface area contributed by atoms with E-state index >= 15 is 0 Å². The highest BCUT2D eigenvalue weighted by molar-refractivity contribution is 8.00. The maximum atomic E-state index is 12.0. The lowest BCUT2D eigenvalue weighted by atomic mass is 10.2. The molecule has 0 unspecified atom stereocenters. The topological polar surface area (TPSA) is 121 Å². The van der Waals surface area contributed by atoms with Crippen LogP contribution in [0.3, 0.4) is 0 Å². The molecular formula is C12H17NO5PS+. The number of aliphatic carboxylic acids is 1. The predicted molar refractivity (Wildman–Crippen MR) is 79.0 cm³/mol. The lowest BCUT2D eigenvalue weighted by Gasteiger charge is -2.10. The Hall–Kier alpha value is -0.980. The van der Waals surface area contributed by atoms with E-state index in [1.165, 1.54) is 12.1 Å². The van der Waals surface area contributed by atoms with Gasteiger partial charge in [-0.1, -0.05) is 0 Å². The fourth-order valence-electron chi connectivity index (χ4n) is 1.46. The smallest absolute Gasteiger partial charge is 0.356 e. The Morgan fingerprint density at radius 2 is 1.80 bits per heavy atom. The van der Waals surface area contributed by atoms with Gasteiger partial charge in [0.25, 0.3) is 0 Å². The third-order valence-electron chi connectivity index (χ3n) is 2.46. The zero-order valence-corrected chi connectivity index (χ0v) is 12.4. The molecular weight excluding hydrogens is 301 g/mol. The number of rotatable bonds is 8. The van der Waals surface area contributed by atoms with Gasteiger partial charge >= 0.3 is 19.2 Å². The van der Waals surface area contributed by atoms with Gasteiger partial charge < -0.3 is 10.8 Å². The summed E-state index contributed by atoms with van der Waals surface area (Å²) >= 11 is 1.13. The highest BCUT2D eigenvalue weighted by Gasteiger charge is 2.43. The lowest BCUT2D eigenvalue weighted by molar-refractivity contribution is -0.133. The highest BCUT2D eigenvalue weighted by Crippen LogP contribution is 2.53. The third-order valence-corrected chi connectivity index (χ3v) is 5.31. The van der Waals surface area contributed by atoms with Crippen molar-refractivity contribution in [3.63, 3.8) is 0 Å². The third kappa shape index (κ3) is 5.19. The number of nitrogens with two attached hydrogens (primary N) is 1. The normalized spacial score (nSPS) is 11.3. The lowest BCUT2D eigenvalue weighted by Crippen LogP contribution is -2.12. The van der Waals surface area contributed by atoms with Crippen LogP contribution in [0.25, 0.3) is 0 Å². The second kappa shape index (κ2) is 7.71. The number of carbonyl (C=O) groups is 2. The van der Waals surface area contributed by atoms with Gasteiger partial charge in [0.1, 0.15) is 6.16 Å². The number of thioether (sulfide) groups is 1. The Labute approximate surface area is 121 Å². The van der Waals surface area contributed by atoms with Gasteiger partial charge in [0.2, 0.25) is 0 Å². The van der Waals surface area contributed by atoms with Crippen LogP contribution in [0.1, 0.15) is 16.8 Å². The molecule has 0 radical (unpaired) electrons. The van der Waals surface area contributed by atoms with Crippen LogP contribution < -0.4 is 5.73 Å². The van der Waals surface area contributed by atoms with E-state index in [9.17, 15) is 19.4 Å². The Morgan fingerprint density at radius 3 is 2.30 bits per heavy atom. The van der Waals surface area contributed by atoms with E-state index in [0.29, 0.717) is 17.9 Å². The fraction of sp³-hybridized carbons (Fsp3) is 0.333. The predicted octanol–water partition coefficient (Wildman–Crippen LogP) is 1.18. The van der Waals surface area contributed by atoms with Crippen molar-refractivity contribution in [2.24, 2.45) is 5.73 Å². The van der Waals surface area contributed by atoms with Gasteiger partial charge in [-0.3, -0.25) is 4.79 Å². The quantitative estimate of drug-likeness (QED) is 0.419. The first-order valence-corrected chi connectivity index (χ1v) is 8.76. The maximum absolute atomic E-state index is 12.0. The molecule has 0 aromatic heterocycles. The monoisotopic (exact) mass is 318 g/mol. The summed E-state index contributed by atoms with van der Waals surface area (Å²) in [4.78, 5) is 42.7. The van der Waals surface area contributed by atoms with Crippen molar-refractivity contribution < 1.29 is 24.5 Å². The zero-order chi connectivity index (χ0) is 15.2. The van der Waals surface area contributed by atoms with Crippen molar-refractivity contribution in [1.29, 1.82) is 0 Å². The molecule has 0 fully saturated rings. The second-order valence-electron chi connectivity index (χ2n) is 4.11. The van der Waals surface area contributed by atoms with Crippen LogP contribution in [-0.2, 0) is 4.79 Å². The summed E-state index contributed by atoms with van der Waals surface area (Å²) in [6.45, 7) is 0.293. The second-order valence-corrected chi connectivity index (χ2v) is 7.47. The van der Waals surface area contributed by atoms with Crippen LogP contribution in [0, 0.1) is 0 Å². The van der Waals surface area contributed by atoms with Crippen LogP contribution in [0.5, 0.6) is 0 Å². The van der Waals surface area contributed by atoms with Crippen LogP contribution >= 0.6 is 19.5 Å². The van der Waals surface area contributed by atoms with Gasteiger partial charge in [0.15, 0.2) is 0 Å². The van der Waals surface area contributed by atoms with Gasteiger partial charge in [-0.25, -0.2) is 14.6 Å². The molecule has 0 bridgehead atoms. The van der Waals surface area contributed by atoms with E-state index in [-0.39, 0.29) is 17.5 Å². The molecule has 0 saturated heterocycles. The van der Waals surface area contributed by atoms with Crippen molar-refractivity contribution in [2.45, 2.75) is 11.3 Å². The van der Waals surface area contributed by atoms with Gasteiger partial charge in [-0.05, 0) is 37.2 Å². The first kappa shape index (κ1) is 17.1. The molecule has 0 aliphatic rings. The summed E-state index contributed by atoms with van der Waals surface area (Å²) in [7, 11) is -3.64. The maximum Gasteiger partial charge on any atom is 0.356 e. The summed E-state index contributed by atoms with van der Waals surface area (Å²) in [5.41, 5.74) is 4.81. The molecule has 0 aliphatic heterocycles. The number of carboxylic acids is 1. The van der Waals surface area contributed by atoms with E-state index in [4.69, 9.17) is 10.8 Å². The molecule has 0 aliphatic carbocycles. The van der Waals surface area contributed by atoms with Crippen LogP contribution in [0.4, 0.5) is 0 Å². The molecule has 1 rings (SSSR count). The minimum atomic E-state index is -3.64. The van der Waals surface area contributed by atoms with Crippen LogP contribution in [-0.4, -0.2) is 44.8 Å². The molecule has 0 atom stereocenters. The Bertz CT molecular complexity index is 477. The first-order valence-electron chi connectivity index (χ1n) is 5.90. The number of hydrogen-bond donors (Lipinski definition) is 4. The van der Waals surface area contributed by atoms with Crippen molar-refractivity contribution in [2.75, 3.05) is 18.5 Å². The summed E-state index contributed by atoms with van der Waals surface area (Å²) in [6.07, 6.45) is 0.358. The summed E-state index contributed by atoms with van der Waals surface area (Å²) in [6, 6.07) is 6.11. The van der Waals surface area contributed by atoms with Crippen LogP contribution in [0.15, 0.2) is 29.2 Å². The summed E-state index contributed by atoms with van der Waals surface area (Å²) in [5, 5.41) is 8.56. The van der Waals surface area contributed by atoms with Crippen molar-refractivity contribution in [3.05, 3.63) is 29.8 Å². The Kier molecular flexibility index (Phi) is 6.58.